The number of benzene rings is 1. The van der Waals surface area contributed by atoms with Gasteiger partial charge in [0.25, 0.3) is 0 Å². The third-order valence-electron chi connectivity index (χ3n) is 2.64. The van der Waals surface area contributed by atoms with Gasteiger partial charge in [0, 0.05) is 11.1 Å². The van der Waals surface area contributed by atoms with Gasteiger partial charge in [0.15, 0.2) is 0 Å². The quantitative estimate of drug-likeness (QED) is 0.792. The minimum atomic E-state index is -0.944. The first-order valence-electron chi connectivity index (χ1n) is 5.21. The molecule has 90 valence electrons. The van der Waals surface area contributed by atoms with Crippen molar-refractivity contribution < 1.29 is 15.3 Å². The number of halogens is 1. The molecule has 0 aliphatic heterocycles. The summed E-state index contributed by atoms with van der Waals surface area (Å²) >= 11 is 3.38. The van der Waals surface area contributed by atoms with Crippen molar-refractivity contribution in [3.05, 3.63) is 33.3 Å². The Morgan fingerprint density at radius 2 is 1.69 bits per heavy atom. The standard InChI is InChI=1S/C12H17BrO3/c1-7-5-9(13)6-8(2)11(7)12(16)10(15)3-4-14/h5-6,10,12,14-16H,3-4H2,1-2H3. The maximum Gasteiger partial charge on any atom is 0.105 e. The lowest BCUT2D eigenvalue weighted by Gasteiger charge is -2.21. The van der Waals surface area contributed by atoms with E-state index in [-0.39, 0.29) is 13.0 Å². The van der Waals surface area contributed by atoms with E-state index in [0.29, 0.717) is 0 Å². The lowest BCUT2D eigenvalue weighted by molar-refractivity contribution is 0.00354. The largest absolute Gasteiger partial charge is 0.396 e. The SMILES string of the molecule is Cc1cc(Br)cc(C)c1C(O)C(O)CCO. The normalized spacial score (nSPS) is 14.9. The summed E-state index contributed by atoms with van der Waals surface area (Å²) in [4.78, 5) is 0. The zero-order valence-electron chi connectivity index (χ0n) is 9.44. The van der Waals surface area contributed by atoms with E-state index in [2.05, 4.69) is 15.9 Å². The second-order valence-corrected chi connectivity index (χ2v) is 4.89. The molecule has 0 bridgehead atoms. The molecule has 3 nitrogen and oxygen atoms in total. The number of hydrogen-bond acceptors (Lipinski definition) is 3. The number of rotatable bonds is 4. The fourth-order valence-electron chi connectivity index (χ4n) is 1.87. The molecular weight excluding hydrogens is 272 g/mol. The Morgan fingerprint density at radius 3 is 2.12 bits per heavy atom. The van der Waals surface area contributed by atoms with Crippen LogP contribution in [0.25, 0.3) is 0 Å². The molecule has 4 heteroatoms. The van der Waals surface area contributed by atoms with Gasteiger partial charge in [0.2, 0.25) is 0 Å². The van der Waals surface area contributed by atoms with Crippen molar-refractivity contribution >= 4 is 15.9 Å². The van der Waals surface area contributed by atoms with Crippen molar-refractivity contribution in [1.29, 1.82) is 0 Å². The zero-order chi connectivity index (χ0) is 12.3. The Balaban J connectivity index is 3.03. The molecule has 2 unspecified atom stereocenters. The molecule has 0 saturated carbocycles. The second-order valence-electron chi connectivity index (χ2n) is 3.98. The molecule has 0 fully saturated rings. The molecule has 0 aliphatic rings. The van der Waals surface area contributed by atoms with E-state index in [1.165, 1.54) is 0 Å². The van der Waals surface area contributed by atoms with Gasteiger partial charge >= 0.3 is 0 Å². The molecule has 16 heavy (non-hydrogen) atoms. The van der Waals surface area contributed by atoms with Gasteiger partial charge in [-0.1, -0.05) is 15.9 Å². The number of aryl methyl sites for hydroxylation is 2. The summed E-state index contributed by atoms with van der Waals surface area (Å²) in [5.74, 6) is 0. The average molecular weight is 289 g/mol. The van der Waals surface area contributed by atoms with Gasteiger partial charge in [0.05, 0.1) is 6.10 Å². The van der Waals surface area contributed by atoms with Gasteiger partial charge in [-0.25, -0.2) is 0 Å². The first kappa shape index (κ1) is 13.6. The smallest absolute Gasteiger partial charge is 0.105 e. The second kappa shape index (κ2) is 5.77. The summed E-state index contributed by atoms with van der Waals surface area (Å²) in [7, 11) is 0. The lowest BCUT2D eigenvalue weighted by atomic mass is 9.94. The molecule has 1 rings (SSSR count). The third-order valence-corrected chi connectivity index (χ3v) is 3.10. The Labute approximate surface area is 104 Å². The summed E-state index contributed by atoms with van der Waals surface area (Å²) < 4.78 is 0.954. The summed E-state index contributed by atoms with van der Waals surface area (Å²) in [5, 5.41) is 28.4. The highest BCUT2D eigenvalue weighted by Gasteiger charge is 2.21. The molecule has 3 N–H and O–H groups in total. The van der Waals surface area contributed by atoms with Crippen molar-refractivity contribution in [1.82, 2.24) is 0 Å². The van der Waals surface area contributed by atoms with E-state index in [4.69, 9.17) is 5.11 Å². The molecule has 1 aromatic carbocycles. The van der Waals surface area contributed by atoms with Crippen LogP contribution in [0.4, 0.5) is 0 Å². The van der Waals surface area contributed by atoms with E-state index >= 15 is 0 Å². The zero-order valence-corrected chi connectivity index (χ0v) is 11.0. The number of aliphatic hydroxyl groups is 3. The number of aliphatic hydroxyl groups excluding tert-OH is 3. The van der Waals surface area contributed by atoms with E-state index in [9.17, 15) is 10.2 Å². The van der Waals surface area contributed by atoms with Gasteiger partial charge in [-0.3, -0.25) is 0 Å². The van der Waals surface area contributed by atoms with Crippen LogP contribution in [0.5, 0.6) is 0 Å². The first-order valence-corrected chi connectivity index (χ1v) is 6.00. The fraction of sp³-hybridized carbons (Fsp3) is 0.500. The van der Waals surface area contributed by atoms with E-state index in [1.54, 1.807) is 0 Å². The molecule has 0 spiro atoms. The van der Waals surface area contributed by atoms with Crippen LogP contribution in [0.2, 0.25) is 0 Å². The molecule has 0 amide bonds. The maximum absolute atomic E-state index is 10.00. The summed E-state index contributed by atoms with van der Waals surface area (Å²) in [6.07, 6.45) is -1.69. The van der Waals surface area contributed by atoms with E-state index in [1.807, 2.05) is 26.0 Å². The first-order chi connectivity index (χ1) is 7.47. The Hall–Kier alpha value is -0.420. The predicted octanol–water partition coefficient (Wildman–Crippen LogP) is 1.84. The van der Waals surface area contributed by atoms with Gasteiger partial charge in [-0.2, -0.15) is 0 Å². The van der Waals surface area contributed by atoms with Crippen LogP contribution >= 0.6 is 15.9 Å². The summed E-state index contributed by atoms with van der Waals surface area (Å²) in [6.45, 7) is 3.65. The molecule has 2 atom stereocenters. The fourth-order valence-corrected chi connectivity index (χ4v) is 2.56. The van der Waals surface area contributed by atoms with Gasteiger partial charge in [-0.15, -0.1) is 0 Å². The minimum Gasteiger partial charge on any atom is -0.396 e. The molecular formula is C12H17BrO3. The van der Waals surface area contributed by atoms with Crippen LogP contribution in [0, 0.1) is 13.8 Å². The van der Waals surface area contributed by atoms with E-state index < -0.39 is 12.2 Å². The molecule has 0 saturated heterocycles. The van der Waals surface area contributed by atoms with Gasteiger partial charge < -0.3 is 15.3 Å². The predicted molar refractivity (Wildman–Crippen MR) is 66.3 cm³/mol. The molecule has 0 radical (unpaired) electrons. The summed E-state index contributed by atoms with van der Waals surface area (Å²) in [6, 6.07) is 3.80. The van der Waals surface area contributed by atoms with Crippen LogP contribution in [-0.4, -0.2) is 28.0 Å². The molecule has 0 heterocycles. The van der Waals surface area contributed by atoms with Crippen LogP contribution in [0.3, 0.4) is 0 Å². The monoisotopic (exact) mass is 288 g/mol. The van der Waals surface area contributed by atoms with Crippen molar-refractivity contribution in [2.24, 2.45) is 0 Å². The average Bonchev–Trinajstić information content (AvgIpc) is 2.16. The van der Waals surface area contributed by atoms with Gasteiger partial charge in [-0.05, 0) is 49.1 Å². The minimum absolute atomic E-state index is 0.132. The van der Waals surface area contributed by atoms with E-state index in [0.717, 1.165) is 21.2 Å². The Bertz CT molecular complexity index is 342. The van der Waals surface area contributed by atoms with Crippen LogP contribution in [-0.2, 0) is 0 Å². The van der Waals surface area contributed by atoms with Crippen LogP contribution in [0.1, 0.15) is 29.2 Å². The van der Waals surface area contributed by atoms with Gasteiger partial charge in [0.1, 0.15) is 6.10 Å². The summed E-state index contributed by atoms with van der Waals surface area (Å²) in [5.41, 5.74) is 2.59. The van der Waals surface area contributed by atoms with Crippen molar-refractivity contribution in [3.63, 3.8) is 0 Å². The number of hydrogen-bond donors (Lipinski definition) is 3. The van der Waals surface area contributed by atoms with Crippen molar-refractivity contribution in [2.45, 2.75) is 32.5 Å². The highest BCUT2D eigenvalue weighted by Crippen LogP contribution is 2.28. The topological polar surface area (TPSA) is 60.7 Å². The van der Waals surface area contributed by atoms with Crippen molar-refractivity contribution in [2.75, 3.05) is 6.61 Å². The third kappa shape index (κ3) is 3.04. The molecule has 1 aromatic rings. The van der Waals surface area contributed by atoms with Crippen LogP contribution in [0.15, 0.2) is 16.6 Å². The molecule has 0 aliphatic carbocycles. The molecule has 0 aromatic heterocycles. The highest BCUT2D eigenvalue weighted by molar-refractivity contribution is 9.10. The lowest BCUT2D eigenvalue weighted by Crippen LogP contribution is -2.21. The Kier molecular flexibility index (Phi) is 4.92. The van der Waals surface area contributed by atoms with Crippen molar-refractivity contribution in [3.8, 4) is 0 Å². The maximum atomic E-state index is 10.00. The van der Waals surface area contributed by atoms with Crippen LogP contribution < -0.4 is 0 Å². The Morgan fingerprint density at radius 1 is 1.19 bits per heavy atom. The highest BCUT2D eigenvalue weighted by atomic mass is 79.9.